The number of nitrogens with one attached hydrogen (secondary N) is 1. The van der Waals surface area contributed by atoms with Crippen LogP contribution in [0.5, 0.6) is 0 Å². The van der Waals surface area contributed by atoms with Crippen molar-refractivity contribution in [3.8, 4) is 11.4 Å². The molecule has 1 heterocycles. The van der Waals surface area contributed by atoms with Gasteiger partial charge in [-0.05, 0) is 37.8 Å². The molecule has 3 rings (SSSR count). The molecule has 0 bridgehead atoms. The molecule has 1 aliphatic carbocycles. The summed E-state index contributed by atoms with van der Waals surface area (Å²) in [4.78, 5) is 16.6. The zero-order valence-corrected chi connectivity index (χ0v) is 13.2. The molecule has 0 aliphatic heterocycles. The molecule has 1 aliphatic rings. The van der Waals surface area contributed by atoms with Gasteiger partial charge in [0.25, 0.3) is 5.91 Å². The van der Waals surface area contributed by atoms with Crippen molar-refractivity contribution in [2.45, 2.75) is 44.6 Å². The van der Waals surface area contributed by atoms with Gasteiger partial charge < -0.3 is 14.9 Å². The van der Waals surface area contributed by atoms with Crippen LogP contribution in [0.1, 0.15) is 54.8 Å². The van der Waals surface area contributed by atoms with E-state index in [0.717, 1.165) is 18.4 Å². The van der Waals surface area contributed by atoms with Gasteiger partial charge in [0.1, 0.15) is 0 Å². The molecule has 0 radical (unpaired) electrons. The summed E-state index contributed by atoms with van der Waals surface area (Å²) >= 11 is 0. The topological polar surface area (TPSA) is 88.2 Å². The minimum absolute atomic E-state index is 0.166. The Morgan fingerprint density at radius 1 is 1.48 bits per heavy atom. The van der Waals surface area contributed by atoms with Crippen LogP contribution < -0.4 is 5.32 Å². The van der Waals surface area contributed by atoms with Crippen LogP contribution in [0.15, 0.2) is 28.8 Å². The van der Waals surface area contributed by atoms with E-state index in [1.165, 1.54) is 0 Å². The van der Waals surface area contributed by atoms with Gasteiger partial charge in [-0.2, -0.15) is 4.98 Å². The van der Waals surface area contributed by atoms with Gasteiger partial charge >= 0.3 is 0 Å². The van der Waals surface area contributed by atoms with Gasteiger partial charge in [-0.15, -0.1) is 0 Å². The lowest BCUT2D eigenvalue weighted by molar-refractivity contribution is 0.0942. The molecule has 2 N–H and O–H groups in total. The highest BCUT2D eigenvalue weighted by molar-refractivity contribution is 5.95. The van der Waals surface area contributed by atoms with Crippen molar-refractivity contribution in [1.29, 1.82) is 0 Å². The van der Waals surface area contributed by atoms with Crippen LogP contribution in [0, 0.1) is 0 Å². The summed E-state index contributed by atoms with van der Waals surface area (Å²) in [6.07, 6.45) is 3.08. The first-order valence-corrected chi connectivity index (χ1v) is 8.07. The fourth-order valence-corrected chi connectivity index (χ4v) is 2.31. The quantitative estimate of drug-likeness (QED) is 0.819. The Balaban J connectivity index is 1.65. The normalized spacial score (nSPS) is 15.4. The van der Waals surface area contributed by atoms with Gasteiger partial charge in [0.2, 0.25) is 11.7 Å². The van der Waals surface area contributed by atoms with E-state index in [1.54, 1.807) is 18.2 Å². The van der Waals surface area contributed by atoms with E-state index < -0.39 is 0 Å². The largest absolute Gasteiger partial charge is 0.393 e. The van der Waals surface area contributed by atoms with E-state index in [9.17, 15) is 9.90 Å². The first-order valence-electron chi connectivity index (χ1n) is 8.07. The standard InChI is InChI=1S/C17H21N3O3/c1-2-14(21)8-9-18-16(22)13-5-3-4-12(10-13)15-19-17(23-20-15)11-6-7-11/h3-5,10-11,14,21H,2,6-9H2,1H3,(H,18,22). The number of rotatable bonds is 7. The lowest BCUT2D eigenvalue weighted by Crippen LogP contribution is -2.27. The Morgan fingerprint density at radius 3 is 3.04 bits per heavy atom. The zero-order chi connectivity index (χ0) is 16.2. The van der Waals surface area contributed by atoms with E-state index in [2.05, 4.69) is 15.5 Å². The van der Waals surface area contributed by atoms with Gasteiger partial charge in [0.05, 0.1) is 6.10 Å². The number of hydrogen-bond acceptors (Lipinski definition) is 5. The summed E-state index contributed by atoms with van der Waals surface area (Å²) in [6, 6.07) is 7.17. The Morgan fingerprint density at radius 2 is 2.30 bits per heavy atom. The SMILES string of the molecule is CCC(O)CCNC(=O)c1cccc(-c2noc(C3CC3)n2)c1. The van der Waals surface area contributed by atoms with Gasteiger partial charge in [0.15, 0.2) is 0 Å². The summed E-state index contributed by atoms with van der Waals surface area (Å²) in [6.45, 7) is 2.36. The molecule has 2 aromatic rings. The molecule has 0 saturated heterocycles. The van der Waals surface area contributed by atoms with Crippen molar-refractivity contribution in [1.82, 2.24) is 15.5 Å². The Hall–Kier alpha value is -2.21. The van der Waals surface area contributed by atoms with Crippen molar-refractivity contribution in [3.05, 3.63) is 35.7 Å². The number of amides is 1. The van der Waals surface area contributed by atoms with E-state index in [4.69, 9.17) is 4.52 Å². The van der Waals surface area contributed by atoms with E-state index in [0.29, 0.717) is 42.6 Å². The van der Waals surface area contributed by atoms with E-state index in [1.807, 2.05) is 13.0 Å². The molecule has 1 aromatic carbocycles. The molecule has 1 atom stereocenters. The molecule has 6 nitrogen and oxygen atoms in total. The minimum atomic E-state index is -0.373. The Bertz CT molecular complexity index is 679. The van der Waals surface area contributed by atoms with Crippen LogP contribution in [0.3, 0.4) is 0 Å². The Kier molecular flexibility index (Phi) is 4.71. The van der Waals surface area contributed by atoms with Gasteiger partial charge in [0, 0.05) is 23.6 Å². The summed E-state index contributed by atoms with van der Waals surface area (Å²) in [5, 5.41) is 16.3. The maximum absolute atomic E-state index is 12.2. The predicted octanol–water partition coefficient (Wildman–Crippen LogP) is 2.50. The average Bonchev–Trinajstić information content (AvgIpc) is 3.31. The third kappa shape index (κ3) is 3.96. The lowest BCUT2D eigenvalue weighted by atomic mass is 10.1. The number of aromatic nitrogens is 2. The third-order valence-electron chi connectivity index (χ3n) is 3.99. The minimum Gasteiger partial charge on any atom is -0.393 e. The summed E-state index contributed by atoms with van der Waals surface area (Å²) < 4.78 is 5.26. The number of carbonyl (C=O) groups is 1. The number of nitrogens with zero attached hydrogens (tertiary/aromatic N) is 2. The maximum Gasteiger partial charge on any atom is 0.251 e. The molecule has 0 spiro atoms. The van der Waals surface area contributed by atoms with Crippen molar-refractivity contribution in [2.75, 3.05) is 6.54 Å². The van der Waals surface area contributed by atoms with Crippen molar-refractivity contribution < 1.29 is 14.4 Å². The van der Waals surface area contributed by atoms with Crippen LogP contribution in [-0.4, -0.2) is 33.8 Å². The summed E-state index contributed by atoms with van der Waals surface area (Å²) in [5.74, 6) is 1.44. The fourth-order valence-electron chi connectivity index (χ4n) is 2.31. The second-order valence-corrected chi connectivity index (χ2v) is 5.92. The average molecular weight is 315 g/mol. The zero-order valence-electron chi connectivity index (χ0n) is 13.2. The smallest absolute Gasteiger partial charge is 0.251 e. The second kappa shape index (κ2) is 6.91. The van der Waals surface area contributed by atoms with E-state index in [-0.39, 0.29) is 12.0 Å². The highest BCUT2D eigenvalue weighted by Crippen LogP contribution is 2.39. The van der Waals surface area contributed by atoms with Crippen molar-refractivity contribution in [2.24, 2.45) is 0 Å². The molecular weight excluding hydrogens is 294 g/mol. The summed E-state index contributed by atoms with van der Waals surface area (Å²) in [7, 11) is 0. The number of aliphatic hydroxyl groups is 1. The molecule has 122 valence electrons. The Labute approximate surface area is 134 Å². The molecule has 1 fully saturated rings. The molecule has 1 aromatic heterocycles. The van der Waals surface area contributed by atoms with Crippen LogP contribution in [0.2, 0.25) is 0 Å². The maximum atomic E-state index is 12.2. The molecular formula is C17H21N3O3. The summed E-state index contributed by atoms with van der Waals surface area (Å²) in [5.41, 5.74) is 1.31. The monoisotopic (exact) mass is 315 g/mol. The predicted molar refractivity (Wildman–Crippen MR) is 85.0 cm³/mol. The van der Waals surface area contributed by atoms with Crippen molar-refractivity contribution >= 4 is 5.91 Å². The van der Waals surface area contributed by atoms with Crippen molar-refractivity contribution in [3.63, 3.8) is 0 Å². The number of benzene rings is 1. The van der Waals surface area contributed by atoms with Crippen LogP contribution in [0.4, 0.5) is 0 Å². The van der Waals surface area contributed by atoms with Gasteiger partial charge in [-0.3, -0.25) is 4.79 Å². The molecule has 6 heteroatoms. The second-order valence-electron chi connectivity index (χ2n) is 5.92. The van der Waals surface area contributed by atoms with Crippen LogP contribution in [0.25, 0.3) is 11.4 Å². The lowest BCUT2D eigenvalue weighted by Gasteiger charge is -2.09. The van der Waals surface area contributed by atoms with Gasteiger partial charge in [-0.25, -0.2) is 0 Å². The van der Waals surface area contributed by atoms with Crippen LogP contribution >= 0.6 is 0 Å². The first-order chi connectivity index (χ1) is 11.2. The highest BCUT2D eigenvalue weighted by Gasteiger charge is 2.29. The molecule has 1 unspecified atom stereocenters. The molecule has 23 heavy (non-hydrogen) atoms. The third-order valence-corrected chi connectivity index (χ3v) is 3.99. The number of hydrogen-bond donors (Lipinski definition) is 2. The highest BCUT2D eigenvalue weighted by atomic mass is 16.5. The number of aliphatic hydroxyl groups excluding tert-OH is 1. The molecule has 1 saturated carbocycles. The number of carbonyl (C=O) groups excluding carboxylic acids is 1. The van der Waals surface area contributed by atoms with Gasteiger partial charge in [-0.1, -0.05) is 24.2 Å². The fraction of sp³-hybridized carbons (Fsp3) is 0.471. The van der Waals surface area contributed by atoms with Crippen LogP contribution in [-0.2, 0) is 0 Å². The molecule has 1 amide bonds. The van der Waals surface area contributed by atoms with E-state index >= 15 is 0 Å². The first kappa shape index (κ1) is 15.7.